The molecule has 0 amide bonds. The van der Waals surface area contributed by atoms with Gasteiger partial charge < -0.3 is 9.84 Å². The van der Waals surface area contributed by atoms with E-state index >= 15 is 0 Å². The number of aromatic carboxylic acids is 1. The summed E-state index contributed by atoms with van der Waals surface area (Å²) < 4.78 is 45.5. The van der Waals surface area contributed by atoms with E-state index in [4.69, 9.17) is 4.74 Å². The van der Waals surface area contributed by atoms with Crippen LogP contribution >= 0.6 is 0 Å². The third-order valence-corrected chi connectivity index (χ3v) is 3.52. The third-order valence-electron chi connectivity index (χ3n) is 3.52. The number of rotatable bonds is 4. The van der Waals surface area contributed by atoms with Crippen molar-refractivity contribution in [3.8, 4) is 5.75 Å². The van der Waals surface area contributed by atoms with Gasteiger partial charge in [0.25, 0.3) is 0 Å². The highest BCUT2D eigenvalue weighted by molar-refractivity contribution is 5.88. The van der Waals surface area contributed by atoms with Crippen LogP contribution < -0.4 is 4.74 Å². The van der Waals surface area contributed by atoms with Crippen molar-refractivity contribution in [2.24, 2.45) is 0 Å². The number of carboxylic acids is 1. The first kappa shape index (κ1) is 16.7. The largest absolute Gasteiger partial charge is 0.487 e. The molecule has 0 atom stereocenters. The zero-order valence-electron chi connectivity index (χ0n) is 12.9. The molecule has 0 spiro atoms. The van der Waals surface area contributed by atoms with Crippen LogP contribution in [0.25, 0.3) is 5.65 Å². The number of alkyl halides is 3. The van der Waals surface area contributed by atoms with E-state index in [1.54, 1.807) is 6.92 Å². The molecule has 130 valence electrons. The van der Waals surface area contributed by atoms with Crippen LogP contribution in [0.15, 0.2) is 36.7 Å². The van der Waals surface area contributed by atoms with Crippen LogP contribution in [0.1, 0.15) is 27.4 Å². The monoisotopic (exact) mass is 351 g/mol. The highest BCUT2D eigenvalue weighted by atomic mass is 19.4. The van der Waals surface area contributed by atoms with Gasteiger partial charge in [0.2, 0.25) is 0 Å². The molecule has 0 aliphatic carbocycles. The molecule has 0 saturated carbocycles. The van der Waals surface area contributed by atoms with Crippen LogP contribution in [0, 0.1) is 6.92 Å². The first-order valence-corrected chi connectivity index (χ1v) is 7.13. The smallest absolute Gasteiger partial charge is 0.433 e. The Hall–Kier alpha value is -3.10. The van der Waals surface area contributed by atoms with Gasteiger partial charge in [0.15, 0.2) is 11.4 Å². The van der Waals surface area contributed by atoms with Gasteiger partial charge in [-0.05, 0) is 25.1 Å². The first-order valence-electron chi connectivity index (χ1n) is 7.13. The third kappa shape index (κ3) is 3.25. The molecule has 6 nitrogen and oxygen atoms in total. The van der Waals surface area contributed by atoms with Gasteiger partial charge in [-0.15, -0.1) is 0 Å². The van der Waals surface area contributed by atoms with Gasteiger partial charge in [0.1, 0.15) is 18.0 Å². The Kier molecular flexibility index (Phi) is 4.07. The van der Waals surface area contributed by atoms with Crippen molar-refractivity contribution in [3.63, 3.8) is 0 Å². The van der Waals surface area contributed by atoms with Crippen molar-refractivity contribution >= 4 is 11.6 Å². The topological polar surface area (TPSA) is 76.7 Å². The summed E-state index contributed by atoms with van der Waals surface area (Å²) in [6.45, 7) is 1.20. The van der Waals surface area contributed by atoms with Crippen molar-refractivity contribution in [1.82, 2.24) is 14.4 Å². The van der Waals surface area contributed by atoms with Crippen molar-refractivity contribution in [3.05, 3.63) is 59.3 Å². The summed E-state index contributed by atoms with van der Waals surface area (Å²) in [5.41, 5.74) is -0.426. The molecule has 0 aliphatic rings. The lowest BCUT2D eigenvalue weighted by Gasteiger charge is -2.12. The van der Waals surface area contributed by atoms with Gasteiger partial charge in [-0.2, -0.15) is 13.2 Å². The first-order chi connectivity index (χ1) is 11.8. The minimum absolute atomic E-state index is 0.0298. The lowest BCUT2D eigenvalue weighted by molar-refractivity contribution is -0.142. The zero-order chi connectivity index (χ0) is 18.2. The normalized spacial score (nSPS) is 11.7. The maximum absolute atomic E-state index is 12.9. The lowest BCUT2D eigenvalue weighted by atomic mass is 10.2. The minimum Gasteiger partial charge on any atom is -0.487 e. The fraction of sp³-hybridized carbons (Fsp3) is 0.188. The summed E-state index contributed by atoms with van der Waals surface area (Å²) in [5.74, 6) is -0.946. The molecule has 3 rings (SSSR count). The van der Waals surface area contributed by atoms with Gasteiger partial charge in [0, 0.05) is 11.8 Å². The SMILES string of the molecule is Cc1nc2ccc(OCc3cccnc3C(F)(F)F)cn2c1C(=O)O. The lowest BCUT2D eigenvalue weighted by Crippen LogP contribution is -2.13. The van der Waals surface area contributed by atoms with Crippen molar-refractivity contribution in [2.75, 3.05) is 0 Å². The number of fused-ring (bicyclic) bond motifs is 1. The molecule has 25 heavy (non-hydrogen) atoms. The number of ether oxygens (including phenoxy) is 1. The van der Waals surface area contributed by atoms with E-state index < -0.39 is 17.8 Å². The number of hydrogen-bond acceptors (Lipinski definition) is 4. The molecule has 0 fully saturated rings. The number of imidazole rings is 1. The molecular weight excluding hydrogens is 339 g/mol. The number of aromatic nitrogens is 3. The molecule has 0 radical (unpaired) electrons. The summed E-state index contributed by atoms with van der Waals surface area (Å²) in [4.78, 5) is 18.8. The predicted octanol–water partition coefficient (Wildman–Crippen LogP) is 3.33. The average molecular weight is 351 g/mol. The maximum atomic E-state index is 12.9. The van der Waals surface area contributed by atoms with Gasteiger partial charge in [-0.3, -0.25) is 9.38 Å². The highest BCUT2D eigenvalue weighted by Crippen LogP contribution is 2.30. The Bertz CT molecular complexity index is 951. The second-order valence-electron chi connectivity index (χ2n) is 5.24. The molecule has 0 saturated heterocycles. The molecule has 0 aromatic carbocycles. The average Bonchev–Trinajstić information content (AvgIpc) is 2.87. The molecule has 3 heterocycles. The number of pyridine rings is 2. The molecular formula is C16H12F3N3O3. The van der Waals surface area contributed by atoms with Crippen molar-refractivity contribution in [2.45, 2.75) is 19.7 Å². The summed E-state index contributed by atoms with van der Waals surface area (Å²) in [6.07, 6.45) is -2.14. The second kappa shape index (κ2) is 6.08. The summed E-state index contributed by atoms with van der Waals surface area (Å²) in [6, 6.07) is 5.71. The highest BCUT2D eigenvalue weighted by Gasteiger charge is 2.35. The van der Waals surface area contributed by atoms with E-state index in [-0.39, 0.29) is 23.6 Å². The predicted molar refractivity (Wildman–Crippen MR) is 80.5 cm³/mol. The molecule has 0 unspecified atom stereocenters. The molecule has 3 aromatic heterocycles. The Morgan fingerprint density at radius 2 is 2.08 bits per heavy atom. The second-order valence-corrected chi connectivity index (χ2v) is 5.24. The molecule has 3 aromatic rings. The fourth-order valence-corrected chi connectivity index (χ4v) is 2.46. The van der Waals surface area contributed by atoms with E-state index in [9.17, 15) is 23.1 Å². The van der Waals surface area contributed by atoms with E-state index in [1.807, 2.05) is 0 Å². The number of carboxylic acid groups (broad SMARTS) is 1. The summed E-state index contributed by atoms with van der Waals surface area (Å²) in [5, 5.41) is 9.24. The number of aryl methyl sites for hydroxylation is 1. The van der Waals surface area contributed by atoms with Crippen LogP contribution in [0.5, 0.6) is 5.75 Å². The van der Waals surface area contributed by atoms with Gasteiger partial charge in [0.05, 0.1) is 11.9 Å². The van der Waals surface area contributed by atoms with E-state index in [2.05, 4.69) is 9.97 Å². The Morgan fingerprint density at radius 1 is 1.32 bits per heavy atom. The summed E-state index contributed by atoms with van der Waals surface area (Å²) >= 11 is 0. The minimum atomic E-state index is -4.58. The number of nitrogens with zero attached hydrogens (tertiary/aromatic N) is 3. The van der Waals surface area contributed by atoms with Crippen LogP contribution in [0.2, 0.25) is 0 Å². The van der Waals surface area contributed by atoms with E-state index in [1.165, 1.54) is 34.9 Å². The molecule has 0 aliphatic heterocycles. The Balaban J connectivity index is 1.90. The van der Waals surface area contributed by atoms with Crippen molar-refractivity contribution < 1.29 is 27.8 Å². The molecule has 1 N–H and O–H groups in total. The maximum Gasteiger partial charge on any atom is 0.433 e. The Labute approximate surface area is 139 Å². The molecule has 9 heteroatoms. The van der Waals surface area contributed by atoms with Gasteiger partial charge >= 0.3 is 12.1 Å². The quantitative estimate of drug-likeness (QED) is 0.780. The fourth-order valence-electron chi connectivity index (χ4n) is 2.46. The number of halogens is 3. The summed E-state index contributed by atoms with van der Waals surface area (Å²) in [7, 11) is 0. The van der Waals surface area contributed by atoms with Crippen LogP contribution in [-0.4, -0.2) is 25.4 Å². The van der Waals surface area contributed by atoms with Crippen LogP contribution in [0.3, 0.4) is 0 Å². The number of carbonyl (C=O) groups is 1. The van der Waals surface area contributed by atoms with Crippen molar-refractivity contribution in [1.29, 1.82) is 0 Å². The van der Waals surface area contributed by atoms with E-state index in [0.717, 1.165) is 6.20 Å². The van der Waals surface area contributed by atoms with Gasteiger partial charge in [-0.1, -0.05) is 6.07 Å². The zero-order valence-corrected chi connectivity index (χ0v) is 12.9. The van der Waals surface area contributed by atoms with Crippen LogP contribution in [-0.2, 0) is 12.8 Å². The van der Waals surface area contributed by atoms with Gasteiger partial charge in [-0.25, -0.2) is 9.78 Å². The molecule has 0 bridgehead atoms. The van der Waals surface area contributed by atoms with Crippen LogP contribution in [0.4, 0.5) is 13.2 Å². The standard InChI is InChI=1S/C16H12F3N3O3/c1-9-13(15(23)24)22-7-11(4-5-12(22)21-9)25-8-10-3-2-6-20-14(10)16(17,18)19/h2-7H,8H2,1H3,(H,23,24). The number of hydrogen-bond donors (Lipinski definition) is 1. The van der Waals surface area contributed by atoms with E-state index in [0.29, 0.717) is 11.3 Å². The Morgan fingerprint density at radius 3 is 2.76 bits per heavy atom.